The molecule has 0 fully saturated rings. The fourth-order valence-electron chi connectivity index (χ4n) is 1.55. The molecule has 0 unspecified atom stereocenters. The SMILES string of the molecule is CN(C)c1cccc(CC(C)(C)CO)c1. The molecule has 1 aromatic carbocycles. The third-order valence-corrected chi connectivity index (χ3v) is 2.54. The van der Waals surface area contributed by atoms with Gasteiger partial charge in [0.15, 0.2) is 0 Å². The Morgan fingerprint density at radius 3 is 2.47 bits per heavy atom. The van der Waals surface area contributed by atoms with Gasteiger partial charge >= 0.3 is 0 Å². The summed E-state index contributed by atoms with van der Waals surface area (Å²) in [5, 5.41) is 9.22. The van der Waals surface area contributed by atoms with Crippen LogP contribution in [0.25, 0.3) is 0 Å². The number of aliphatic hydroxyl groups excluding tert-OH is 1. The number of rotatable bonds is 4. The minimum absolute atomic E-state index is 0.0368. The summed E-state index contributed by atoms with van der Waals surface area (Å²) in [6, 6.07) is 8.45. The van der Waals surface area contributed by atoms with Crippen molar-refractivity contribution in [1.82, 2.24) is 0 Å². The summed E-state index contributed by atoms with van der Waals surface area (Å²) in [5.74, 6) is 0. The second kappa shape index (κ2) is 4.67. The van der Waals surface area contributed by atoms with Crippen molar-refractivity contribution < 1.29 is 5.11 Å². The minimum atomic E-state index is -0.0368. The predicted molar refractivity (Wildman–Crippen MR) is 65.3 cm³/mol. The normalized spacial score (nSPS) is 11.5. The van der Waals surface area contributed by atoms with E-state index in [1.807, 2.05) is 14.1 Å². The van der Waals surface area contributed by atoms with Gasteiger partial charge in [-0.2, -0.15) is 0 Å². The van der Waals surface area contributed by atoms with Crippen molar-refractivity contribution in [2.75, 3.05) is 25.6 Å². The zero-order valence-corrected chi connectivity index (χ0v) is 10.1. The molecule has 0 atom stereocenters. The van der Waals surface area contributed by atoms with Gasteiger partial charge in [0.05, 0.1) is 0 Å². The molecule has 2 nitrogen and oxygen atoms in total. The zero-order valence-electron chi connectivity index (χ0n) is 10.1. The second-order valence-electron chi connectivity index (χ2n) is 5.06. The number of aliphatic hydroxyl groups is 1. The van der Waals surface area contributed by atoms with E-state index in [1.165, 1.54) is 11.3 Å². The number of anilines is 1. The molecule has 0 aliphatic rings. The van der Waals surface area contributed by atoms with Gasteiger partial charge in [0.25, 0.3) is 0 Å². The van der Waals surface area contributed by atoms with Crippen LogP contribution in [-0.2, 0) is 6.42 Å². The summed E-state index contributed by atoms with van der Waals surface area (Å²) >= 11 is 0. The lowest BCUT2D eigenvalue weighted by Crippen LogP contribution is -2.20. The van der Waals surface area contributed by atoms with E-state index in [0.29, 0.717) is 0 Å². The van der Waals surface area contributed by atoms with Gasteiger partial charge in [0.2, 0.25) is 0 Å². The number of benzene rings is 1. The van der Waals surface area contributed by atoms with Crippen LogP contribution in [0.4, 0.5) is 5.69 Å². The van der Waals surface area contributed by atoms with Gasteiger partial charge in [0.1, 0.15) is 0 Å². The summed E-state index contributed by atoms with van der Waals surface area (Å²) in [7, 11) is 4.08. The average Bonchev–Trinajstić information content (AvgIpc) is 2.17. The molecule has 0 amide bonds. The quantitative estimate of drug-likeness (QED) is 0.819. The van der Waals surface area contributed by atoms with Crippen LogP contribution >= 0.6 is 0 Å². The maximum atomic E-state index is 9.22. The van der Waals surface area contributed by atoms with Crippen LogP contribution < -0.4 is 4.90 Å². The van der Waals surface area contributed by atoms with Gasteiger partial charge in [-0.15, -0.1) is 0 Å². The third-order valence-electron chi connectivity index (χ3n) is 2.54. The molecule has 84 valence electrons. The molecule has 15 heavy (non-hydrogen) atoms. The van der Waals surface area contributed by atoms with Crippen molar-refractivity contribution in [2.24, 2.45) is 5.41 Å². The van der Waals surface area contributed by atoms with E-state index in [0.717, 1.165) is 6.42 Å². The largest absolute Gasteiger partial charge is 0.396 e. The van der Waals surface area contributed by atoms with Crippen LogP contribution in [-0.4, -0.2) is 25.8 Å². The van der Waals surface area contributed by atoms with E-state index in [2.05, 4.69) is 43.0 Å². The number of hydrogen-bond acceptors (Lipinski definition) is 2. The molecule has 0 aliphatic heterocycles. The van der Waals surface area contributed by atoms with Gasteiger partial charge in [0, 0.05) is 26.4 Å². The summed E-state index contributed by atoms with van der Waals surface area (Å²) in [4.78, 5) is 2.09. The van der Waals surface area contributed by atoms with Crippen LogP contribution in [0.3, 0.4) is 0 Å². The molecule has 0 saturated heterocycles. The lowest BCUT2D eigenvalue weighted by atomic mass is 9.86. The maximum absolute atomic E-state index is 9.22. The number of hydrogen-bond donors (Lipinski definition) is 1. The summed E-state index contributed by atoms with van der Waals surface area (Å²) < 4.78 is 0. The highest BCUT2D eigenvalue weighted by Gasteiger charge is 2.17. The highest BCUT2D eigenvalue weighted by atomic mass is 16.3. The fourth-order valence-corrected chi connectivity index (χ4v) is 1.55. The van der Waals surface area contributed by atoms with Gasteiger partial charge in [-0.3, -0.25) is 0 Å². The van der Waals surface area contributed by atoms with Crippen LogP contribution in [0.15, 0.2) is 24.3 Å². The lowest BCUT2D eigenvalue weighted by molar-refractivity contribution is 0.159. The van der Waals surface area contributed by atoms with Crippen molar-refractivity contribution >= 4 is 5.69 Å². The maximum Gasteiger partial charge on any atom is 0.0485 e. The first kappa shape index (κ1) is 12.1. The molecule has 1 rings (SSSR count). The van der Waals surface area contributed by atoms with Gasteiger partial charge < -0.3 is 10.0 Å². The topological polar surface area (TPSA) is 23.5 Å². The van der Waals surface area contributed by atoms with E-state index in [9.17, 15) is 5.11 Å². The smallest absolute Gasteiger partial charge is 0.0485 e. The number of nitrogens with zero attached hydrogens (tertiary/aromatic N) is 1. The molecule has 0 heterocycles. The molecule has 0 aliphatic carbocycles. The van der Waals surface area contributed by atoms with Crippen LogP contribution in [0, 0.1) is 5.41 Å². The van der Waals surface area contributed by atoms with Gasteiger partial charge in [-0.05, 0) is 29.5 Å². The molecule has 0 aromatic heterocycles. The van der Waals surface area contributed by atoms with Crippen LogP contribution in [0.5, 0.6) is 0 Å². The highest BCUT2D eigenvalue weighted by molar-refractivity contribution is 5.47. The summed E-state index contributed by atoms with van der Waals surface area (Å²) in [6.07, 6.45) is 0.908. The van der Waals surface area contributed by atoms with E-state index >= 15 is 0 Å². The van der Waals surface area contributed by atoms with E-state index in [-0.39, 0.29) is 12.0 Å². The Labute approximate surface area is 92.5 Å². The van der Waals surface area contributed by atoms with Crippen molar-refractivity contribution in [3.8, 4) is 0 Å². The Balaban J connectivity index is 2.82. The predicted octanol–water partition coefficient (Wildman–Crippen LogP) is 2.31. The molecule has 1 aromatic rings. The van der Waals surface area contributed by atoms with Crippen molar-refractivity contribution in [3.05, 3.63) is 29.8 Å². The first-order chi connectivity index (χ1) is 6.94. The summed E-state index contributed by atoms with van der Waals surface area (Å²) in [6.45, 7) is 4.38. The Morgan fingerprint density at radius 1 is 1.27 bits per heavy atom. The third kappa shape index (κ3) is 3.56. The Kier molecular flexibility index (Phi) is 3.75. The highest BCUT2D eigenvalue weighted by Crippen LogP contribution is 2.23. The molecule has 0 saturated carbocycles. The van der Waals surface area contributed by atoms with E-state index in [1.54, 1.807) is 0 Å². The Hall–Kier alpha value is -1.02. The van der Waals surface area contributed by atoms with Crippen molar-refractivity contribution in [2.45, 2.75) is 20.3 Å². The molecule has 1 N–H and O–H groups in total. The lowest BCUT2D eigenvalue weighted by Gasteiger charge is -2.22. The first-order valence-corrected chi connectivity index (χ1v) is 5.32. The Morgan fingerprint density at radius 2 is 1.93 bits per heavy atom. The monoisotopic (exact) mass is 207 g/mol. The zero-order chi connectivity index (χ0) is 11.5. The molecule has 0 radical (unpaired) electrons. The van der Waals surface area contributed by atoms with E-state index in [4.69, 9.17) is 0 Å². The van der Waals surface area contributed by atoms with Crippen LogP contribution in [0.2, 0.25) is 0 Å². The standard InChI is InChI=1S/C13H21NO/c1-13(2,10-15)9-11-6-5-7-12(8-11)14(3)4/h5-8,15H,9-10H2,1-4H3. The first-order valence-electron chi connectivity index (χ1n) is 5.32. The molecular weight excluding hydrogens is 186 g/mol. The van der Waals surface area contributed by atoms with E-state index < -0.39 is 0 Å². The molecular formula is C13H21NO. The van der Waals surface area contributed by atoms with Crippen molar-refractivity contribution in [3.63, 3.8) is 0 Å². The van der Waals surface area contributed by atoms with Crippen LogP contribution in [0.1, 0.15) is 19.4 Å². The van der Waals surface area contributed by atoms with Crippen molar-refractivity contribution in [1.29, 1.82) is 0 Å². The second-order valence-corrected chi connectivity index (χ2v) is 5.06. The molecule has 0 spiro atoms. The summed E-state index contributed by atoms with van der Waals surface area (Å²) in [5.41, 5.74) is 2.45. The fraction of sp³-hybridized carbons (Fsp3) is 0.538. The molecule has 2 heteroatoms. The average molecular weight is 207 g/mol. The Bertz CT molecular complexity index is 318. The van der Waals surface area contributed by atoms with Gasteiger partial charge in [-0.1, -0.05) is 26.0 Å². The minimum Gasteiger partial charge on any atom is -0.396 e. The molecule has 0 bridgehead atoms. The van der Waals surface area contributed by atoms with Gasteiger partial charge in [-0.25, -0.2) is 0 Å².